The molecule has 0 heterocycles. The van der Waals surface area contributed by atoms with Gasteiger partial charge >= 0.3 is 0 Å². The van der Waals surface area contributed by atoms with Crippen molar-refractivity contribution < 1.29 is 14.0 Å². The Morgan fingerprint density at radius 2 is 1.73 bits per heavy atom. The first-order valence-electron chi connectivity index (χ1n) is 9.97. The number of hydrogen-bond donors (Lipinski definition) is 1. The highest BCUT2D eigenvalue weighted by atomic mass is 35.5. The monoisotopic (exact) mass is 450 g/mol. The van der Waals surface area contributed by atoms with Crippen LogP contribution in [0.5, 0.6) is 0 Å². The Bertz CT molecular complexity index is 863. The highest BCUT2D eigenvalue weighted by Gasteiger charge is 2.29. The van der Waals surface area contributed by atoms with E-state index < -0.39 is 6.04 Å². The maximum Gasteiger partial charge on any atom is 0.243 e. The minimum absolute atomic E-state index is 0.0285. The van der Waals surface area contributed by atoms with Gasteiger partial charge in [-0.3, -0.25) is 9.59 Å². The van der Waals surface area contributed by atoms with E-state index in [0.29, 0.717) is 22.8 Å². The number of amides is 2. The molecule has 0 aromatic heterocycles. The fourth-order valence-electron chi connectivity index (χ4n) is 3.06. The van der Waals surface area contributed by atoms with E-state index in [1.54, 1.807) is 29.2 Å². The summed E-state index contributed by atoms with van der Waals surface area (Å²) in [7, 11) is 0. The predicted molar refractivity (Wildman–Crippen MR) is 122 cm³/mol. The van der Waals surface area contributed by atoms with Crippen LogP contribution in [0.1, 0.15) is 38.3 Å². The Kier molecular flexibility index (Phi) is 9.66. The molecule has 0 unspecified atom stereocenters. The summed E-state index contributed by atoms with van der Waals surface area (Å²) in [5.74, 6) is -0.125. The molecule has 2 aromatic carbocycles. The molecule has 0 spiro atoms. The minimum Gasteiger partial charge on any atom is -0.352 e. The average Bonchev–Trinajstić information content (AvgIpc) is 2.70. The molecule has 2 rings (SSSR count). The minimum atomic E-state index is -0.606. The van der Waals surface area contributed by atoms with Crippen LogP contribution in [0.15, 0.2) is 48.5 Å². The van der Waals surface area contributed by atoms with Crippen LogP contribution in [0.4, 0.5) is 4.39 Å². The summed E-state index contributed by atoms with van der Waals surface area (Å²) in [5.41, 5.74) is 1.33. The van der Waals surface area contributed by atoms with Gasteiger partial charge in [0.05, 0.1) is 5.75 Å². The number of thioether (sulfide) groups is 1. The van der Waals surface area contributed by atoms with Gasteiger partial charge in [-0.2, -0.15) is 0 Å². The van der Waals surface area contributed by atoms with Crippen molar-refractivity contribution in [3.63, 3.8) is 0 Å². The molecule has 1 atom stereocenters. The van der Waals surface area contributed by atoms with Crippen LogP contribution in [-0.2, 0) is 21.9 Å². The number of halogens is 2. The van der Waals surface area contributed by atoms with Gasteiger partial charge in [0.2, 0.25) is 11.8 Å². The molecule has 162 valence electrons. The van der Waals surface area contributed by atoms with Gasteiger partial charge in [-0.25, -0.2) is 4.39 Å². The molecule has 2 amide bonds. The standard InChI is InChI=1S/C23H28ClFN2O2S/c1-4-21(23(29)26-16(2)3)27(13-17-9-5-7-11-19(17)24)22(28)15-30-14-18-10-6-8-12-20(18)25/h5-12,16,21H,4,13-15H2,1-3H3,(H,26,29)/t21-/m1/s1. The topological polar surface area (TPSA) is 49.4 Å². The summed E-state index contributed by atoms with van der Waals surface area (Å²) in [5, 5.41) is 3.45. The molecule has 0 fully saturated rings. The van der Waals surface area contributed by atoms with Gasteiger partial charge in [0.25, 0.3) is 0 Å². The fourth-order valence-corrected chi connectivity index (χ4v) is 4.15. The van der Waals surface area contributed by atoms with E-state index >= 15 is 0 Å². The fraction of sp³-hybridized carbons (Fsp3) is 0.391. The maximum atomic E-state index is 13.8. The second-order valence-electron chi connectivity index (χ2n) is 7.28. The SMILES string of the molecule is CC[C@H](C(=O)NC(C)C)N(Cc1ccccc1Cl)C(=O)CSCc1ccccc1F. The van der Waals surface area contributed by atoms with Gasteiger partial charge in [-0.1, -0.05) is 54.9 Å². The summed E-state index contributed by atoms with van der Waals surface area (Å²) in [4.78, 5) is 27.4. The van der Waals surface area contributed by atoms with Crippen LogP contribution in [0.3, 0.4) is 0 Å². The van der Waals surface area contributed by atoms with Crippen molar-refractivity contribution in [2.75, 3.05) is 5.75 Å². The van der Waals surface area contributed by atoms with Crippen molar-refractivity contribution in [2.24, 2.45) is 0 Å². The van der Waals surface area contributed by atoms with Crippen molar-refractivity contribution in [2.45, 2.75) is 51.6 Å². The van der Waals surface area contributed by atoms with Gasteiger partial charge in [0, 0.05) is 23.4 Å². The molecule has 0 radical (unpaired) electrons. The summed E-state index contributed by atoms with van der Waals surface area (Å²) in [6.45, 7) is 5.89. The smallest absolute Gasteiger partial charge is 0.243 e. The van der Waals surface area contributed by atoms with E-state index in [1.165, 1.54) is 17.8 Å². The summed E-state index contributed by atoms with van der Waals surface area (Å²) in [6, 6.07) is 13.2. The summed E-state index contributed by atoms with van der Waals surface area (Å²) in [6.07, 6.45) is 0.479. The molecule has 4 nitrogen and oxygen atoms in total. The zero-order chi connectivity index (χ0) is 22.1. The zero-order valence-corrected chi connectivity index (χ0v) is 19.1. The summed E-state index contributed by atoms with van der Waals surface area (Å²) < 4.78 is 13.8. The quantitative estimate of drug-likeness (QED) is 0.551. The lowest BCUT2D eigenvalue weighted by Gasteiger charge is -2.31. The average molecular weight is 451 g/mol. The highest BCUT2D eigenvalue weighted by Crippen LogP contribution is 2.22. The molecule has 0 aliphatic carbocycles. The Hall–Kier alpha value is -2.05. The van der Waals surface area contributed by atoms with Gasteiger partial charge in [0.15, 0.2) is 0 Å². The van der Waals surface area contributed by atoms with Gasteiger partial charge in [-0.15, -0.1) is 11.8 Å². The third kappa shape index (κ3) is 7.03. The number of benzene rings is 2. The molecule has 0 saturated heterocycles. The lowest BCUT2D eigenvalue weighted by atomic mass is 10.1. The Morgan fingerprint density at radius 3 is 2.33 bits per heavy atom. The van der Waals surface area contributed by atoms with E-state index in [4.69, 9.17) is 11.6 Å². The predicted octanol–water partition coefficient (Wildman–Crippen LogP) is 5.04. The molecule has 0 saturated carbocycles. The molecule has 0 bridgehead atoms. The number of hydrogen-bond acceptors (Lipinski definition) is 3. The van der Waals surface area contributed by atoms with Crippen molar-refractivity contribution in [1.29, 1.82) is 0 Å². The van der Waals surface area contributed by atoms with Crippen molar-refractivity contribution in [1.82, 2.24) is 10.2 Å². The van der Waals surface area contributed by atoms with E-state index in [9.17, 15) is 14.0 Å². The van der Waals surface area contributed by atoms with Crippen LogP contribution >= 0.6 is 23.4 Å². The maximum absolute atomic E-state index is 13.8. The van der Waals surface area contributed by atoms with E-state index in [2.05, 4.69) is 5.32 Å². The number of nitrogens with zero attached hydrogens (tertiary/aromatic N) is 1. The normalized spacial score (nSPS) is 11.9. The van der Waals surface area contributed by atoms with Crippen molar-refractivity contribution in [3.8, 4) is 0 Å². The first-order valence-corrected chi connectivity index (χ1v) is 11.5. The van der Waals surface area contributed by atoms with E-state index in [1.807, 2.05) is 39.0 Å². The van der Waals surface area contributed by atoms with Gasteiger partial charge in [-0.05, 0) is 43.5 Å². The zero-order valence-electron chi connectivity index (χ0n) is 17.5. The highest BCUT2D eigenvalue weighted by molar-refractivity contribution is 7.99. The number of rotatable bonds is 10. The van der Waals surface area contributed by atoms with Crippen LogP contribution in [0.2, 0.25) is 5.02 Å². The molecular formula is C23H28ClFN2O2S. The summed E-state index contributed by atoms with van der Waals surface area (Å²) >= 11 is 7.63. The Labute approximate surface area is 187 Å². The van der Waals surface area contributed by atoms with Gasteiger partial charge in [0.1, 0.15) is 11.9 Å². The largest absolute Gasteiger partial charge is 0.352 e. The second-order valence-corrected chi connectivity index (χ2v) is 8.68. The Morgan fingerprint density at radius 1 is 1.10 bits per heavy atom. The third-order valence-electron chi connectivity index (χ3n) is 4.56. The van der Waals surface area contributed by atoms with E-state index in [0.717, 1.165) is 5.56 Å². The molecule has 2 aromatic rings. The Balaban J connectivity index is 2.16. The van der Waals surface area contributed by atoms with Crippen molar-refractivity contribution in [3.05, 3.63) is 70.5 Å². The van der Waals surface area contributed by atoms with E-state index in [-0.39, 0.29) is 36.0 Å². The number of carbonyl (C=O) groups excluding carboxylic acids is 2. The molecule has 0 aliphatic rings. The van der Waals surface area contributed by atoms with Crippen LogP contribution in [-0.4, -0.2) is 34.6 Å². The second kappa shape index (κ2) is 12.0. The molecule has 1 N–H and O–H groups in total. The number of carbonyl (C=O) groups is 2. The van der Waals surface area contributed by atoms with Gasteiger partial charge < -0.3 is 10.2 Å². The first kappa shape index (κ1) is 24.2. The van der Waals surface area contributed by atoms with Crippen molar-refractivity contribution >= 4 is 35.2 Å². The van der Waals surface area contributed by atoms with Crippen LogP contribution < -0.4 is 5.32 Å². The first-order chi connectivity index (χ1) is 14.3. The van der Waals surface area contributed by atoms with Crippen LogP contribution in [0, 0.1) is 5.82 Å². The lowest BCUT2D eigenvalue weighted by Crippen LogP contribution is -2.51. The third-order valence-corrected chi connectivity index (χ3v) is 5.89. The molecule has 0 aliphatic heterocycles. The molecular weight excluding hydrogens is 423 g/mol. The van der Waals surface area contributed by atoms with Crippen LogP contribution in [0.25, 0.3) is 0 Å². The molecule has 30 heavy (non-hydrogen) atoms. The lowest BCUT2D eigenvalue weighted by molar-refractivity contribution is -0.139. The molecule has 7 heteroatoms. The number of nitrogens with one attached hydrogen (secondary N) is 1.